The summed E-state index contributed by atoms with van der Waals surface area (Å²) >= 11 is 0. The van der Waals surface area contributed by atoms with E-state index in [9.17, 15) is 4.79 Å². The first-order valence-electron chi connectivity index (χ1n) is 10.2. The number of anilines is 1. The maximum Gasteiger partial charge on any atom is 0.217 e. The number of carbonyl (C=O) groups excluding carboxylic acids is 1. The van der Waals surface area contributed by atoms with Gasteiger partial charge in [0.25, 0.3) is 0 Å². The molecule has 0 aliphatic carbocycles. The van der Waals surface area contributed by atoms with Crippen LogP contribution in [0.25, 0.3) is 0 Å². The molecule has 1 amide bonds. The Labute approximate surface area is 172 Å². The third kappa shape index (κ3) is 5.34. The summed E-state index contributed by atoms with van der Waals surface area (Å²) < 4.78 is 17.4. The van der Waals surface area contributed by atoms with Gasteiger partial charge in [0, 0.05) is 18.7 Å². The van der Waals surface area contributed by atoms with E-state index in [1.807, 2.05) is 57.2 Å². The third-order valence-electron chi connectivity index (χ3n) is 4.84. The first-order valence-corrected chi connectivity index (χ1v) is 10.2. The minimum Gasteiger partial charge on any atom is -0.490 e. The summed E-state index contributed by atoms with van der Waals surface area (Å²) in [4.78, 5) is 13.4. The number of rotatable bonds is 9. The quantitative estimate of drug-likeness (QED) is 0.693. The lowest BCUT2D eigenvalue weighted by atomic mass is 10.1. The molecule has 0 bridgehead atoms. The number of nitrogens with one attached hydrogen (secondary N) is 1. The molecule has 1 aliphatic rings. The average Bonchev–Trinajstić information content (AvgIpc) is 2.66. The van der Waals surface area contributed by atoms with Gasteiger partial charge in [-0.15, -0.1) is 0 Å². The lowest BCUT2D eigenvalue weighted by molar-refractivity contribution is -0.119. The van der Waals surface area contributed by atoms with E-state index in [1.165, 1.54) is 6.92 Å². The molecule has 0 spiro atoms. The van der Waals surface area contributed by atoms with Crippen molar-refractivity contribution in [1.82, 2.24) is 5.32 Å². The molecule has 6 heteroatoms. The molecule has 2 aromatic rings. The Balaban J connectivity index is 1.55. The van der Waals surface area contributed by atoms with E-state index in [-0.39, 0.29) is 18.1 Å². The summed E-state index contributed by atoms with van der Waals surface area (Å²) in [7, 11) is 0. The molecule has 1 aliphatic heterocycles. The SMILES string of the molecule is CCOc1ccc(N2CC(Oc3ccc(C(C)NC(C)=O)cc3)C2)cc1OCC. The maximum absolute atomic E-state index is 11.2. The van der Waals surface area contributed by atoms with Crippen LogP contribution < -0.4 is 24.4 Å². The van der Waals surface area contributed by atoms with Crippen LogP contribution in [0, 0.1) is 0 Å². The molecular weight excluding hydrogens is 368 g/mol. The predicted molar refractivity (Wildman–Crippen MR) is 114 cm³/mol. The predicted octanol–water partition coefficient (Wildman–Crippen LogP) is 3.95. The van der Waals surface area contributed by atoms with E-state index in [0.29, 0.717) is 13.2 Å². The Hall–Kier alpha value is -2.89. The fraction of sp³-hybridized carbons (Fsp3) is 0.435. The highest BCUT2D eigenvalue weighted by Crippen LogP contribution is 2.34. The van der Waals surface area contributed by atoms with E-state index in [2.05, 4.69) is 16.3 Å². The molecule has 2 aromatic carbocycles. The molecule has 1 saturated heterocycles. The molecule has 3 rings (SSSR count). The van der Waals surface area contributed by atoms with E-state index in [0.717, 1.165) is 41.6 Å². The number of benzene rings is 2. The van der Waals surface area contributed by atoms with Gasteiger partial charge in [-0.1, -0.05) is 12.1 Å². The van der Waals surface area contributed by atoms with Crippen molar-refractivity contribution >= 4 is 11.6 Å². The van der Waals surface area contributed by atoms with Crippen molar-refractivity contribution < 1.29 is 19.0 Å². The molecule has 1 fully saturated rings. The Bertz CT molecular complexity index is 816. The Morgan fingerprint density at radius 2 is 1.72 bits per heavy atom. The zero-order chi connectivity index (χ0) is 20.8. The number of ether oxygens (including phenoxy) is 3. The van der Waals surface area contributed by atoms with Crippen LogP contribution in [0.2, 0.25) is 0 Å². The van der Waals surface area contributed by atoms with Gasteiger partial charge in [-0.2, -0.15) is 0 Å². The number of nitrogens with zero attached hydrogens (tertiary/aromatic N) is 1. The van der Waals surface area contributed by atoms with Gasteiger partial charge in [0.2, 0.25) is 5.91 Å². The van der Waals surface area contributed by atoms with E-state index >= 15 is 0 Å². The second kappa shape index (κ2) is 9.54. The average molecular weight is 399 g/mol. The lowest BCUT2D eigenvalue weighted by Gasteiger charge is -2.40. The van der Waals surface area contributed by atoms with Crippen LogP contribution in [0.4, 0.5) is 5.69 Å². The second-order valence-corrected chi connectivity index (χ2v) is 7.13. The fourth-order valence-electron chi connectivity index (χ4n) is 3.38. The number of carbonyl (C=O) groups is 1. The first kappa shape index (κ1) is 20.8. The van der Waals surface area contributed by atoms with Crippen LogP contribution in [-0.2, 0) is 4.79 Å². The molecule has 1 N–H and O–H groups in total. The molecule has 6 nitrogen and oxygen atoms in total. The zero-order valence-corrected chi connectivity index (χ0v) is 17.6. The standard InChI is InChI=1S/C23H30N2O4/c1-5-27-22-12-9-19(13-23(22)28-6-2)25-14-21(15-25)29-20-10-7-18(8-11-20)16(3)24-17(4)26/h7-13,16,21H,5-6,14-15H2,1-4H3,(H,24,26). The maximum atomic E-state index is 11.2. The normalized spacial score (nSPS) is 14.7. The van der Waals surface area contributed by atoms with Crippen molar-refractivity contribution in [3.8, 4) is 17.2 Å². The molecule has 0 aromatic heterocycles. The summed E-state index contributed by atoms with van der Waals surface area (Å²) in [6.07, 6.45) is 0.149. The second-order valence-electron chi connectivity index (χ2n) is 7.13. The van der Waals surface area contributed by atoms with Crippen molar-refractivity contribution in [3.63, 3.8) is 0 Å². The van der Waals surface area contributed by atoms with Crippen molar-refractivity contribution in [2.24, 2.45) is 0 Å². The van der Waals surface area contributed by atoms with Crippen LogP contribution in [0.1, 0.15) is 39.3 Å². The van der Waals surface area contributed by atoms with E-state index < -0.39 is 0 Å². The highest BCUT2D eigenvalue weighted by atomic mass is 16.5. The monoisotopic (exact) mass is 398 g/mol. The van der Waals surface area contributed by atoms with Crippen molar-refractivity contribution in [2.45, 2.75) is 39.8 Å². The molecule has 1 heterocycles. The Kier molecular flexibility index (Phi) is 6.86. The summed E-state index contributed by atoms with van der Waals surface area (Å²) in [5.41, 5.74) is 2.16. The number of hydrogen-bond acceptors (Lipinski definition) is 5. The fourth-order valence-corrected chi connectivity index (χ4v) is 3.38. The Morgan fingerprint density at radius 3 is 2.34 bits per heavy atom. The van der Waals surface area contributed by atoms with Gasteiger partial charge in [0.05, 0.1) is 32.3 Å². The molecule has 29 heavy (non-hydrogen) atoms. The largest absolute Gasteiger partial charge is 0.490 e. The summed E-state index contributed by atoms with van der Waals surface area (Å²) in [6.45, 7) is 10.3. The first-order chi connectivity index (χ1) is 14.0. The van der Waals surface area contributed by atoms with Crippen LogP contribution in [0.3, 0.4) is 0 Å². The minimum absolute atomic E-state index is 0.0139. The topological polar surface area (TPSA) is 60.0 Å². The van der Waals surface area contributed by atoms with E-state index in [4.69, 9.17) is 14.2 Å². The summed E-state index contributed by atoms with van der Waals surface area (Å²) in [6, 6.07) is 13.9. The summed E-state index contributed by atoms with van der Waals surface area (Å²) in [5, 5.41) is 2.89. The van der Waals surface area contributed by atoms with Gasteiger partial charge in [-0.25, -0.2) is 0 Å². The molecule has 1 unspecified atom stereocenters. The lowest BCUT2D eigenvalue weighted by Crippen LogP contribution is -2.54. The molecule has 1 atom stereocenters. The van der Waals surface area contributed by atoms with Crippen LogP contribution in [0.5, 0.6) is 17.2 Å². The molecule has 0 radical (unpaired) electrons. The van der Waals surface area contributed by atoms with E-state index in [1.54, 1.807) is 0 Å². The van der Waals surface area contributed by atoms with Crippen molar-refractivity contribution in [3.05, 3.63) is 48.0 Å². The van der Waals surface area contributed by atoms with Crippen LogP contribution in [-0.4, -0.2) is 38.3 Å². The van der Waals surface area contributed by atoms with Crippen molar-refractivity contribution in [2.75, 3.05) is 31.2 Å². The number of hydrogen-bond donors (Lipinski definition) is 1. The summed E-state index contributed by atoms with van der Waals surface area (Å²) in [5.74, 6) is 2.37. The highest BCUT2D eigenvalue weighted by molar-refractivity contribution is 5.73. The zero-order valence-electron chi connectivity index (χ0n) is 17.6. The van der Waals surface area contributed by atoms with Gasteiger partial charge >= 0.3 is 0 Å². The molecule has 156 valence electrons. The Morgan fingerprint density at radius 1 is 1.07 bits per heavy atom. The number of amides is 1. The van der Waals surface area contributed by atoms with Crippen molar-refractivity contribution in [1.29, 1.82) is 0 Å². The van der Waals surface area contributed by atoms with Crippen LogP contribution in [0.15, 0.2) is 42.5 Å². The minimum atomic E-state index is -0.0332. The van der Waals surface area contributed by atoms with Gasteiger partial charge in [-0.3, -0.25) is 4.79 Å². The van der Waals surface area contributed by atoms with Gasteiger partial charge in [0.15, 0.2) is 11.5 Å². The highest BCUT2D eigenvalue weighted by Gasteiger charge is 2.29. The third-order valence-corrected chi connectivity index (χ3v) is 4.84. The molecule has 0 saturated carbocycles. The van der Waals surface area contributed by atoms with Gasteiger partial charge < -0.3 is 24.4 Å². The van der Waals surface area contributed by atoms with Crippen LogP contribution >= 0.6 is 0 Å². The smallest absolute Gasteiger partial charge is 0.217 e. The van der Waals surface area contributed by atoms with Gasteiger partial charge in [-0.05, 0) is 50.6 Å². The molecular formula is C23H30N2O4. The van der Waals surface area contributed by atoms with Gasteiger partial charge in [0.1, 0.15) is 11.9 Å².